The van der Waals surface area contributed by atoms with E-state index in [1.54, 1.807) is 0 Å². The molecule has 0 spiro atoms. The molecule has 0 aromatic carbocycles. The highest BCUT2D eigenvalue weighted by molar-refractivity contribution is 5.07. The van der Waals surface area contributed by atoms with Crippen LogP contribution in [0.15, 0.2) is 11.6 Å². The predicted molar refractivity (Wildman–Crippen MR) is 84.4 cm³/mol. The average Bonchev–Trinajstić information content (AvgIpc) is 2.55. The summed E-state index contributed by atoms with van der Waals surface area (Å²) in [4.78, 5) is 2.53. The fourth-order valence-electron chi connectivity index (χ4n) is 3.96. The van der Waals surface area contributed by atoms with Gasteiger partial charge in [-0.15, -0.1) is 0 Å². The second-order valence-electron chi connectivity index (χ2n) is 6.81. The SMILES string of the molecule is OC1CCCCC1N1CCC(NCC2=CCCOC2)CC1. The largest absolute Gasteiger partial charge is 0.391 e. The van der Waals surface area contributed by atoms with Crippen molar-refractivity contribution in [3.8, 4) is 0 Å². The van der Waals surface area contributed by atoms with Crippen LogP contribution in [0.5, 0.6) is 0 Å². The molecule has 4 heteroatoms. The van der Waals surface area contributed by atoms with Gasteiger partial charge in [0, 0.05) is 31.7 Å². The number of nitrogens with one attached hydrogen (secondary N) is 1. The van der Waals surface area contributed by atoms with E-state index in [0.29, 0.717) is 12.1 Å². The number of hydrogen-bond donors (Lipinski definition) is 2. The van der Waals surface area contributed by atoms with Gasteiger partial charge in [-0.25, -0.2) is 0 Å². The third-order valence-electron chi connectivity index (χ3n) is 5.29. The Kier molecular flexibility index (Phi) is 5.69. The summed E-state index contributed by atoms with van der Waals surface area (Å²) in [5.41, 5.74) is 1.41. The molecule has 1 saturated heterocycles. The van der Waals surface area contributed by atoms with Gasteiger partial charge in [0.25, 0.3) is 0 Å². The lowest BCUT2D eigenvalue weighted by Crippen LogP contribution is -2.51. The molecule has 0 aromatic heterocycles. The number of hydrogen-bond acceptors (Lipinski definition) is 4. The van der Waals surface area contributed by atoms with E-state index in [2.05, 4.69) is 16.3 Å². The van der Waals surface area contributed by atoms with E-state index in [4.69, 9.17) is 4.74 Å². The molecular weight excluding hydrogens is 264 g/mol. The molecule has 3 aliphatic rings. The van der Waals surface area contributed by atoms with E-state index in [0.717, 1.165) is 45.7 Å². The summed E-state index contributed by atoms with van der Waals surface area (Å²) >= 11 is 0. The highest BCUT2D eigenvalue weighted by Crippen LogP contribution is 2.25. The summed E-state index contributed by atoms with van der Waals surface area (Å²) in [6, 6.07) is 1.05. The molecule has 3 rings (SSSR count). The molecule has 4 nitrogen and oxygen atoms in total. The number of aliphatic hydroxyl groups excluding tert-OH is 1. The molecule has 1 saturated carbocycles. The molecule has 1 aliphatic carbocycles. The van der Waals surface area contributed by atoms with Gasteiger partial charge in [0.1, 0.15) is 0 Å². The van der Waals surface area contributed by atoms with Gasteiger partial charge in [-0.3, -0.25) is 4.90 Å². The lowest BCUT2D eigenvalue weighted by Gasteiger charge is -2.41. The van der Waals surface area contributed by atoms with Crippen LogP contribution in [0.2, 0.25) is 0 Å². The maximum Gasteiger partial charge on any atom is 0.0695 e. The van der Waals surface area contributed by atoms with Crippen molar-refractivity contribution in [2.24, 2.45) is 0 Å². The van der Waals surface area contributed by atoms with E-state index in [1.807, 2.05) is 0 Å². The van der Waals surface area contributed by atoms with Crippen LogP contribution in [-0.2, 0) is 4.74 Å². The van der Waals surface area contributed by atoms with Crippen LogP contribution in [0.4, 0.5) is 0 Å². The first kappa shape index (κ1) is 15.5. The van der Waals surface area contributed by atoms with Gasteiger partial charge in [-0.2, -0.15) is 0 Å². The topological polar surface area (TPSA) is 44.7 Å². The molecule has 2 aliphatic heterocycles. The monoisotopic (exact) mass is 294 g/mol. The molecule has 0 bridgehead atoms. The van der Waals surface area contributed by atoms with Crippen LogP contribution in [0, 0.1) is 0 Å². The second-order valence-corrected chi connectivity index (χ2v) is 6.81. The van der Waals surface area contributed by atoms with Crippen molar-refractivity contribution in [1.29, 1.82) is 0 Å². The van der Waals surface area contributed by atoms with E-state index in [1.165, 1.54) is 37.7 Å². The Hall–Kier alpha value is -0.420. The minimum absolute atomic E-state index is 0.0900. The quantitative estimate of drug-likeness (QED) is 0.775. The van der Waals surface area contributed by atoms with E-state index in [-0.39, 0.29) is 6.10 Å². The summed E-state index contributed by atoms with van der Waals surface area (Å²) in [6.07, 6.45) is 10.4. The van der Waals surface area contributed by atoms with Crippen molar-refractivity contribution in [3.05, 3.63) is 11.6 Å². The molecule has 2 N–H and O–H groups in total. The van der Waals surface area contributed by atoms with E-state index < -0.39 is 0 Å². The third kappa shape index (κ3) is 4.28. The summed E-state index contributed by atoms with van der Waals surface area (Å²) in [7, 11) is 0. The van der Waals surface area contributed by atoms with Crippen LogP contribution < -0.4 is 5.32 Å². The molecule has 2 fully saturated rings. The number of likely N-dealkylation sites (tertiary alicyclic amines) is 1. The zero-order chi connectivity index (χ0) is 14.5. The Morgan fingerprint density at radius 2 is 2.00 bits per heavy atom. The Bertz CT molecular complexity index is 351. The second kappa shape index (κ2) is 7.73. The Morgan fingerprint density at radius 3 is 2.71 bits per heavy atom. The van der Waals surface area contributed by atoms with Crippen molar-refractivity contribution in [2.75, 3.05) is 32.8 Å². The molecule has 2 heterocycles. The smallest absolute Gasteiger partial charge is 0.0695 e. The predicted octanol–water partition coefficient (Wildman–Crippen LogP) is 1.69. The third-order valence-corrected chi connectivity index (χ3v) is 5.29. The minimum Gasteiger partial charge on any atom is -0.391 e. The van der Waals surface area contributed by atoms with Gasteiger partial charge in [0.05, 0.1) is 19.3 Å². The average molecular weight is 294 g/mol. The first-order valence-corrected chi connectivity index (χ1v) is 8.74. The lowest BCUT2D eigenvalue weighted by molar-refractivity contribution is 0.00731. The number of aliphatic hydroxyl groups is 1. The van der Waals surface area contributed by atoms with Crippen LogP contribution >= 0.6 is 0 Å². The molecule has 0 radical (unpaired) electrons. The highest BCUT2D eigenvalue weighted by atomic mass is 16.5. The fraction of sp³-hybridized carbons (Fsp3) is 0.882. The van der Waals surface area contributed by atoms with E-state index >= 15 is 0 Å². The number of nitrogens with zero attached hydrogens (tertiary/aromatic N) is 1. The molecule has 120 valence electrons. The summed E-state index contributed by atoms with van der Waals surface area (Å²) in [5.74, 6) is 0. The Labute approximate surface area is 128 Å². The molecule has 21 heavy (non-hydrogen) atoms. The summed E-state index contributed by atoms with van der Waals surface area (Å²) in [6.45, 7) is 4.94. The minimum atomic E-state index is -0.0900. The maximum atomic E-state index is 10.2. The van der Waals surface area contributed by atoms with Gasteiger partial charge in [0.2, 0.25) is 0 Å². The summed E-state index contributed by atoms with van der Waals surface area (Å²) < 4.78 is 5.49. The number of ether oxygens (including phenoxy) is 1. The van der Waals surface area contributed by atoms with Gasteiger partial charge in [-0.1, -0.05) is 18.9 Å². The molecular formula is C17H30N2O2. The van der Waals surface area contributed by atoms with Crippen molar-refractivity contribution >= 4 is 0 Å². The van der Waals surface area contributed by atoms with Crippen molar-refractivity contribution in [1.82, 2.24) is 10.2 Å². The van der Waals surface area contributed by atoms with Gasteiger partial charge >= 0.3 is 0 Å². The summed E-state index contributed by atoms with van der Waals surface area (Å²) in [5, 5.41) is 13.9. The lowest BCUT2D eigenvalue weighted by atomic mass is 9.89. The Balaban J connectivity index is 1.39. The number of piperidine rings is 1. The molecule has 2 atom stereocenters. The van der Waals surface area contributed by atoms with Gasteiger partial charge in [-0.05, 0) is 37.7 Å². The van der Waals surface area contributed by atoms with Crippen molar-refractivity contribution in [2.45, 2.75) is 63.1 Å². The van der Waals surface area contributed by atoms with Gasteiger partial charge in [0.15, 0.2) is 0 Å². The molecule has 0 amide bonds. The van der Waals surface area contributed by atoms with Crippen LogP contribution in [0.3, 0.4) is 0 Å². The van der Waals surface area contributed by atoms with Crippen LogP contribution in [-0.4, -0.2) is 61.0 Å². The fourth-order valence-corrected chi connectivity index (χ4v) is 3.96. The van der Waals surface area contributed by atoms with Crippen LogP contribution in [0.1, 0.15) is 44.9 Å². The molecule has 0 aromatic rings. The first-order valence-electron chi connectivity index (χ1n) is 8.74. The Morgan fingerprint density at radius 1 is 1.19 bits per heavy atom. The first-order chi connectivity index (χ1) is 10.3. The number of rotatable bonds is 4. The standard InChI is InChI=1S/C17H30N2O2/c20-17-6-2-1-5-16(17)19-9-7-15(8-10-19)18-12-14-4-3-11-21-13-14/h4,15-18,20H,1-3,5-13H2. The van der Waals surface area contributed by atoms with Crippen molar-refractivity contribution in [3.63, 3.8) is 0 Å². The van der Waals surface area contributed by atoms with Crippen LogP contribution in [0.25, 0.3) is 0 Å². The maximum absolute atomic E-state index is 10.2. The van der Waals surface area contributed by atoms with E-state index in [9.17, 15) is 5.11 Å². The zero-order valence-corrected chi connectivity index (χ0v) is 13.1. The van der Waals surface area contributed by atoms with Crippen molar-refractivity contribution < 1.29 is 9.84 Å². The normalized spacial score (nSPS) is 32.9. The van der Waals surface area contributed by atoms with Gasteiger partial charge < -0.3 is 15.2 Å². The molecule has 2 unspecified atom stereocenters. The zero-order valence-electron chi connectivity index (χ0n) is 13.1. The highest BCUT2D eigenvalue weighted by Gasteiger charge is 2.31.